The highest BCUT2D eigenvalue weighted by atomic mass is 15.2. The second kappa shape index (κ2) is 6.27. The average Bonchev–Trinajstić information content (AvgIpc) is 2.52. The molecule has 3 rings (SSSR count). The van der Waals surface area contributed by atoms with Gasteiger partial charge in [-0.15, -0.1) is 0 Å². The third kappa shape index (κ3) is 2.93. The van der Waals surface area contributed by atoms with E-state index >= 15 is 0 Å². The molecule has 1 aromatic heterocycles. The maximum absolute atomic E-state index is 4.30. The molecule has 0 bridgehead atoms. The first-order chi connectivity index (χ1) is 10.3. The first-order valence-corrected chi connectivity index (χ1v) is 7.78. The summed E-state index contributed by atoms with van der Waals surface area (Å²) < 4.78 is 0. The Balaban J connectivity index is 2.00. The molecule has 21 heavy (non-hydrogen) atoms. The normalized spacial score (nSPS) is 17.6. The van der Waals surface area contributed by atoms with E-state index in [9.17, 15) is 0 Å². The van der Waals surface area contributed by atoms with E-state index < -0.39 is 0 Å². The van der Waals surface area contributed by atoms with Gasteiger partial charge >= 0.3 is 0 Å². The molecule has 3 heteroatoms. The van der Waals surface area contributed by atoms with Gasteiger partial charge in [-0.1, -0.05) is 32.0 Å². The van der Waals surface area contributed by atoms with Crippen LogP contribution in [-0.4, -0.2) is 18.1 Å². The molecule has 0 aliphatic carbocycles. The highest BCUT2D eigenvalue weighted by molar-refractivity contribution is 5.70. The summed E-state index contributed by atoms with van der Waals surface area (Å²) in [6, 6.07) is 10.9. The van der Waals surface area contributed by atoms with Gasteiger partial charge in [0, 0.05) is 42.4 Å². The third-order valence-electron chi connectivity index (χ3n) is 4.08. The van der Waals surface area contributed by atoms with Gasteiger partial charge in [-0.25, -0.2) is 0 Å². The van der Waals surface area contributed by atoms with Crippen molar-refractivity contribution < 1.29 is 0 Å². The molecule has 110 valence electrons. The molecule has 0 spiro atoms. The maximum Gasteiger partial charge on any atom is 0.0487 e. The van der Waals surface area contributed by atoms with Gasteiger partial charge in [0.25, 0.3) is 0 Å². The van der Waals surface area contributed by atoms with Crippen LogP contribution >= 0.6 is 0 Å². The van der Waals surface area contributed by atoms with Gasteiger partial charge in [-0.2, -0.15) is 0 Å². The average molecular weight is 281 g/mol. The summed E-state index contributed by atoms with van der Waals surface area (Å²) in [4.78, 5) is 6.76. The summed E-state index contributed by atoms with van der Waals surface area (Å²) in [5.74, 6) is 0.667. The lowest BCUT2D eigenvalue weighted by Crippen LogP contribution is -2.31. The SMILES string of the molecule is CCNCc1cnccc1N1CC(C)Cc2ccccc21. The van der Waals surface area contributed by atoms with Crippen LogP contribution in [0.25, 0.3) is 0 Å². The molecule has 1 N–H and O–H groups in total. The van der Waals surface area contributed by atoms with Gasteiger partial charge in [0.05, 0.1) is 0 Å². The van der Waals surface area contributed by atoms with Crippen molar-refractivity contribution in [1.82, 2.24) is 10.3 Å². The van der Waals surface area contributed by atoms with Crippen molar-refractivity contribution >= 4 is 11.4 Å². The van der Waals surface area contributed by atoms with Gasteiger partial charge in [0.2, 0.25) is 0 Å². The molecular weight excluding hydrogens is 258 g/mol. The van der Waals surface area contributed by atoms with Crippen molar-refractivity contribution in [2.45, 2.75) is 26.8 Å². The van der Waals surface area contributed by atoms with Crippen LogP contribution in [0.1, 0.15) is 25.0 Å². The Labute approximate surface area is 127 Å². The lowest BCUT2D eigenvalue weighted by atomic mass is 9.93. The molecule has 0 amide bonds. The Bertz CT molecular complexity index is 609. The number of fused-ring (bicyclic) bond motifs is 1. The summed E-state index contributed by atoms with van der Waals surface area (Å²) in [6.07, 6.45) is 5.05. The molecule has 1 aliphatic heterocycles. The Kier molecular flexibility index (Phi) is 4.20. The predicted octanol–water partition coefficient (Wildman–Crippen LogP) is 3.52. The molecule has 0 saturated heterocycles. The van der Waals surface area contributed by atoms with E-state index in [4.69, 9.17) is 0 Å². The Morgan fingerprint density at radius 2 is 2.10 bits per heavy atom. The van der Waals surface area contributed by atoms with Gasteiger partial charge in [-0.05, 0) is 36.6 Å². The lowest BCUT2D eigenvalue weighted by Gasteiger charge is -2.36. The molecule has 0 saturated carbocycles. The molecular formula is C18H23N3. The second-order valence-electron chi connectivity index (χ2n) is 5.83. The Hall–Kier alpha value is -1.87. The van der Waals surface area contributed by atoms with E-state index in [-0.39, 0.29) is 0 Å². The van der Waals surface area contributed by atoms with Crippen LogP contribution in [0.2, 0.25) is 0 Å². The smallest absolute Gasteiger partial charge is 0.0487 e. The lowest BCUT2D eigenvalue weighted by molar-refractivity contribution is 0.561. The van der Waals surface area contributed by atoms with E-state index in [1.54, 1.807) is 0 Å². The number of aromatic nitrogens is 1. The number of hydrogen-bond donors (Lipinski definition) is 1. The molecule has 0 radical (unpaired) electrons. The molecule has 1 atom stereocenters. The van der Waals surface area contributed by atoms with Crippen LogP contribution in [0.4, 0.5) is 11.4 Å². The molecule has 3 nitrogen and oxygen atoms in total. The first-order valence-electron chi connectivity index (χ1n) is 7.78. The standard InChI is InChI=1S/C18H23N3/c1-3-19-11-16-12-20-9-8-18(16)21-13-14(2)10-15-6-4-5-7-17(15)21/h4-9,12,14,19H,3,10-11,13H2,1-2H3. The van der Waals surface area contributed by atoms with Crippen LogP contribution in [0.3, 0.4) is 0 Å². The van der Waals surface area contributed by atoms with Gasteiger partial charge in [-0.3, -0.25) is 4.98 Å². The molecule has 2 aromatic rings. The number of benzene rings is 1. The summed E-state index contributed by atoms with van der Waals surface area (Å²) >= 11 is 0. The van der Waals surface area contributed by atoms with Gasteiger partial charge in [0.1, 0.15) is 0 Å². The van der Waals surface area contributed by atoms with Crippen molar-refractivity contribution in [3.8, 4) is 0 Å². The number of anilines is 2. The minimum Gasteiger partial charge on any atom is -0.341 e. The first kappa shape index (κ1) is 14.1. The van der Waals surface area contributed by atoms with Crippen LogP contribution in [0, 0.1) is 5.92 Å². The van der Waals surface area contributed by atoms with E-state index in [1.165, 1.54) is 28.9 Å². The molecule has 2 heterocycles. The monoisotopic (exact) mass is 281 g/mol. The third-order valence-corrected chi connectivity index (χ3v) is 4.08. The van der Waals surface area contributed by atoms with Gasteiger partial charge in [0.15, 0.2) is 0 Å². The number of nitrogens with zero attached hydrogens (tertiary/aromatic N) is 2. The zero-order valence-electron chi connectivity index (χ0n) is 12.8. The van der Waals surface area contributed by atoms with Gasteiger partial charge < -0.3 is 10.2 Å². The fourth-order valence-electron chi connectivity index (χ4n) is 3.10. The maximum atomic E-state index is 4.30. The van der Waals surface area contributed by atoms with Crippen LogP contribution in [0.5, 0.6) is 0 Å². The number of rotatable bonds is 4. The largest absolute Gasteiger partial charge is 0.341 e. The van der Waals surface area contributed by atoms with Crippen LogP contribution < -0.4 is 10.2 Å². The zero-order chi connectivity index (χ0) is 14.7. The number of para-hydroxylation sites is 1. The molecule has 0 fully saturated rings. The van der Waals surface area contributed by atoms with Crippen LogP contribution in [0.15, 0.2) is 42.7 Å². The summed E-state index contributed by atoms with van der Waals surface area (Å²) in [5, 5.41) is 3.41. The fraction of sp³-hybridized carbons (Fsp3) is 0.389. The van der Waals surface area contributed by atoms with E-state index in [1.807, 2.05) is 12.4 Å². The zero-order valence-corrected chi connectivity index (χ0v) is 12.8. The summed E-state index contributed by atoms with van der Waals surface area (Å²) in [6.45, 7) is 7.37. The summed E-state index contributed by atoms with van der Waals surface area (Å²) in [5.41, 5.74) is 5.34. The highest BCUT2D eigenvalue weighted by Gasteiger charge is 2.23. The van der Waals surface area contributed by atoms with E-state index in [0.29, 0.717) is 5.92 Å². The predicted molar refractivity (Wildman–Crippen MR) is 87.9 cm³/mol. The summed E-state index contributed by atoms with van der Waals surface area (Å²) in [7, 11) is 0. The van der Waals surface area contributed by atoms with Crippen molar-refractivity contribution in [2.75, 3.05) is 18.0 Å². The fourth-order valence-corrected chi connectivity index (χ4v) is 3.10. The van der Waals surface area contributed by atoms with Crippen molar-refractivity contribution in [3.05, 3.63) is 53.9 Å². The minimum absolute atomic E-state index is 0.667. The topological polar surface area (TPSA) is 28.2 Å². The van der Waals surface area contributed by atoms with Crippen molar-refractivity contribution in [1.29, 1.82) is 0 Å². The minimum atomic E-state index is 0.667. The van der Waals surface area contributed by atoms with Crippen molar-refractivity contribution in [3.63, 3.8) is 0 Å². The second-order valence-corrected chi connectivity index (χ2v) is 5.83. The van der Waals surface area contributed by atoms with E-state index in [0.717, 1.165) is 19.6 Å². The van der Waals surface area contributed by atoms with Crippen LogP contribution in [-0.2, 0) is 13.0 Å². The Morgan fingerprint density at radius 3 is 2.95 bits per heavy atom. The highest BCUT2D eigenvalue weighted by Crippen LogP contribution is 2.36. The molecule has 1 aliphatic rings. The number of nitrogens with one attached hydrogen (secondary N) is 1. The Morgan fingerprint density at radius 1 is 1.24 bits per heavy atom. The quantitative estimate of drug-likeness (QED) is 0.929. The van der Waals surface area contributed by atoms with E-state index in [2.05, 4.69) is 59.4 Å². The number of hydrogen-bond acceptors (Lipinski definition) is 3. The van der Waals surface area contributed by atoms with Crippen molar-refractivity contribution in [2.24, 2.45) is 5.92 Å². The molecule has 1 unspecified atom stereocenters. The number of pyridine rings is 1. The molecule has 1 aromatic carbocycles.